The maximum absolute atomic E-state index is 6.12. The molecule has 4 rings (SSSR count). The van der Waals surface area contributed by atoms with Crippen LogP contribution in [0.15, 0.2) is 53.8 Å². The first-order valence-electron chi connectivity index (χ1n) is 6.82. The van der Waals surface area contributed by atoms with Gasteiger partial charge in [0.15, 0.2) is 0 Å². The van der Waals surface area contributed by atoms with Crippen LogP contribution in [0, 0.1) is 0 Å². The monoisotopic (exact) mass is 310 g/mol. The lowest BCUT2D eigenvalue weighted by Crippen LogP contribution is -2.21. The minimum absolute atomic E-state index is 0.0311. The van der Waals surface area contributed by atoms with Crippen LogP contribution in [0.3, 0.4) is 0 Å². The minimum Gasteiger partial charge on any atom is -0.264 e. The molecule has 1 unspecified atom stereocenters. The molecule has 0 amide bonds. The van der Waals surface area contributed by atoms with Gasteiger partial charge in [-0.3, -0.25) is 4.98 Å². The number of hydrogen-bond donors (Lipinski definition) is 0. The first-order valence-corrected chi connectivity index (χ1v) is 7.20. The molecule has 0 saturated heterocycles. The van der Waals surface area contributed by atoms with Crippen LogP contribution in [0.4, 0.5) is 5.95 Å². The fourth-order valence-corrected chi connectivity index (χ4v) is 2.79. The first kappa shape index (κ1) is 13.1. The number of hydrogen-bond acceptors (Lipinski definition) is 5. The van der Waals surface area contributed by atoms with Crippen molar-refractivity contribution in [3.8, 4) is 0 Å². The van der Waals surface area contributed by atoms with E-state index in [0.29, 0.717) is 17.4 Å². The summed E-state index contributed by atoms with van der Waals surface area (Å²) in [6.45, 7) is 0. The number of tetrazole rings is 1. The Labute approximate surface area is 131 Å². The summed E-state index contributed by atoms with van der Waals surface area (Å²) in [5, 5.41) is 12.5. The molecule has 1 aliphatic rings. The molecule has 0 radical (unpaired) electrons. The average molecular weight is 311 g/mol. The van der Waals surface area contributed by atoms with Crippen LogP contribution in [0.2, 0.25) is 5.02 Å². The lowest BCUT2D eigenvalue weighted by Gasteiger charge is -2.22. The summed E-state index contributed by atoms with van der Waals surface area (Å²) in [5.74, 6) is 0.495. The quantitative estimate of drug-likeness (QED) is 0.730. The number of benzene rings is 1. The Morgan fingerprint density at radius 3 is 2.95 bits per heavy atom. The van der Waals surface area contributed by atoms with Crippen molar-refractivity contribution in [2.45, 2.75) is 12.5 Å². The molecular weight excluding hydrogens is 300 g/mol. The Morgan fingerprint density at radius 2 is 2.14 bits per heavy atom. The van der Waals surface area contributed by atoms with Crippen LogP contribution in [0.1, 0.15) is 23.6 Å². The van der Waals surface area contributed by atoms with Gasteiger partial charge in [-0.05, 0) is 34.2 Å². The van der Waals surface area contributed by atoms with E-state index in [-0.39, 0.29) is 6.04 Å². The zero-order valence-electron chi connectivity index (χ0n) is 11.5. The summed E-state index contributed by atoms with van der Waals surface area (Å²) in [6.07, 6.45) is 4.22. The zero-order chi connectivity index (χ0) is 14.9. The van der Waals surface area contributed by atoms with Crippen molar-refractivity contribution in [3.05, 3.63) is 64.9 Å². The zero-order valence-corrected chi connectivity index (χ0v) is 12.2. The van der Waals surface area contributed by atoms with Gasteiger partial charge in [0.05, 0.1) is 11.8 Å². The smallest absolute Gasteiger partial charge is 0.264 e. The molecule has 1 aliphatic heterocycles. The van der Waals surface area contributed by atoms with Crippen molar-refractivity contribution in [2.24, 2.45) is 4.99 Å². The standard InChI is InChI=1S/C15H11ClN6/c16-12-5-1-3-10(7-12)14-8-13(11-4-2-6-17-9-11)18-15-19-20-21-22(14)15/h1-7,9,14H,8H2. The summed E-state index contributed by atoms with van der Waals surface area (Å²) in [5.41, 5.74) is 2.95. The van der Waals surface area contributed by atoms with Gasteiger partial charge in [-0.2, -0.15) is 0 Å². The highest BCUT2D eigenvalue weighted by Crippen LogP contribution is 2.32. The van der Waals surface area contributed by atoms with E-state index in [1.165, 1.54) is 0 Å². The molecule has 3 heterocycles. The van der Waals surface area contributed by atoms with E-state index in [2.05, 4.69) is 25.5 Å². The van der Waals surface area contributed by atoms with E-state index in [0.717, 1.165) is 16.8 Å². The molecule has 3 aromatic rings. The Hall–Kier alpha value is -2.60. The molecule has 2 aromatic heterocycles. The Bertz CT molecular complexity index is 842. The summed E-state index contributed by atoms with van der Waals surface area (Å²) in [4.78, 5) is 8.70. The fourth-order valence-electron chi connectivity index (χ4n) is 2.59. The maximum atomic E-state index is 6.12. The van der Waals surface area contributed by atoms with Gasteiger partial charge < -0.3 is 0 Å². The van der Waals surface area contributed by atoms with Crippen molar-refractivity contribution in [1.82, 2.24) is 25.2 Å². The third-order valence-corrected chi connectivity index (χ3v) is 3.86. The van der Waals surface area contributed by atoms with Gasteiger partial charge in [-0.25, -0.2) is 9.67 Å². The van der Waals surface area contributed by atoms with Crippen LogP contribution in [0.25, 0.3) is 0 Å². The normalized spacial score (nSPS) is 17.0. The first-order chi connectivity index (χ1) is 10.8. The molecule has 108 valence electrons. The lowest BCUT2D eigenvalue weighted by atomic mass is 9.97. The fraction of sp³-hybridized carbons (Fsp3) is 0.133. The number of aromatic nitrogens is 5. The third-order valence-electron chi connectivity index (χ3n) is 3.62. The Kier molecular flexibility index (Phi) is 3.16. The Morgan fingerprint density at radius 1 is 1.18 bits per heavy atom. The molecule has 1 atom stereocenters. The molecule has 0 aliphatic carbocycles. The molecule has 0 fully saturated rings. The predicted octanol–water partition coefficient (Wildman–Crippen LogP) is 2.84. The highest BCUT2D eigenvalue weighted by atomic mass is 35.5. The molecule has 0 spiro atoms. The molecule has 0 saturated carbocycles. The van der Waals surface area contributed by atoms with Crippen molar-refractivity contribution in [2.75, 3.05) is 0 Å². The van der Waals surface area contributed by atoms with Gasteiger partial charge in [-0.15, -0.1) is 0 Å². The molecule has 0 N–H and O–H groups in total. The van der Waals surface area contributed by atoms with Crippen LogP contribution >= 0.6 is 11.6 Å². The second kappa shape index (κ2) is 5.31. The van der Waals surface area contributed by atoms with E-state index in [4.69, 9.17) is 11.6 Å². The largest absolute Gasteiger partial charge is 0.269 e. The third kappa shape index (κ3) is 2.27. The topological polar surface area (TPSA) is 68.8 Å². The van der Waals surface area contributed by atoms with E-state index < -0.39 is 0 Å². The van der Waals surface area contributed by atoms with Crippen LogP contribution in [-0.2, 0) is 0 Å². The molecular formula is C15H11ClN6. The number of aliphatic imine (C=N–C) groups is 1. The van der Waals surface area contributed by atoms with Gasteiger partial charge in [0.25, 0.3) is 5.95 Å². The maximum Gasteiger partial charge on any atom is 0.269 e. The summed E-state index contributed by atoms with van der Waals surface area (Å²) in [6, 6.07) is 11.6. The lowest BCUT2D eigenvalue weighted by molar-refractivity contribution is 0.515. The summed E-state index contributed by atoms with van der Waals surface area (Å²) in [7, 11) is 0. The van der Waals surface area contributed by atoms with Crippen molar-refractivity contribution in [1.29, 1.82) is 0 Å². The van der Waals surface area contributed by atoms with Crippen molar-refractivity contribution < 1.29 is 0 Å². The predicted molar refractivity (Wildman–Crippen MR) is 82.5 cm³/mol. The number of nitrogens with zero attached hydrogens (tertiary/aromatic N) is 6. The van der Waals surface area contributed by atoms with Gasteiger partial charge in [-0.1, -0.05) is 34.9 Å². The second-order valence-corrected chi connectivity index (χ2v) is 5.44. The minimum atomic E-state index is -0.0311. The van der Waals surface area contributed by atoms with Gasteiger partial charge in [0.2, 0.25) is 0 Å². The number of pyridine rings is 1. The Balaban J connectivity index is 1.81. The van der Waals surface area contributed by atoms with E-state index in [1.54, 1.807) is 17.1 Å². The van der Waals surface area contributed by atoms with E-state index in [9.17, 15) is 0 Å². The average Bonchev–Trinajstić information content (AvgIpc) is 3.03. The molecule has 1 aromatic carbocycles. The number of rotatable bonds is 2. The van der Waals surface area contributed by atoms with Crippen LogP contribution in [-0.4, -0.2) is 30.9 Å². The molecule has 6 nitrogen and oxygen atoms in total. The van der Waals surface area contributed by atoms with Crippen molar-refractivity contribution >= 4 is 23.3 Å². The number of halogens is 1. The van der Waals surface area contributed by atoms with E-state index >= 15 is 0 Å². The van der Waals surface area contributed by atoms with Gasteiger partial charge in [0, 0.05) is 29.4 Å². The highest BCUT2D eigenvalue weighted by molar-refractivity contribution is 6.30. The summed E-state index contributed by atoms with van der Waals surface area (Å²) >= 11 is 6.12. The molecule has 22 heavy (non-hydrogen) atoms. The summed E-state index contributed by atoms with van der Waals surface area (Å²) < 4.78 is 1.73. The second-order valence-electron chi connectivity index (χ2n) is 5.00. The van der Waals surface area contributed by atoms with Gasteiger partial charge in [0.1, 0.15) is 0 Å². The highest BCUT2D eigenvalue weighted by Gasteiger charge is 2.27. The van der Waals surface area contributed by atoms with Gasteiger partial charge >= 0.3 is 0 Å². The van der Waals surface area contributed by atoms with Crippen LogP contribution in [0.5, 0.6) is 0 Å². The van der Waals surface area contributed by atoms with E-state index in [1.807, 2.05) is 36.4 Å². The van der Waals surface area contributed by atoms with Crippen LogP contribution < -0.4 is 0 Å². The van der Waals surface area contributed by atoms with Crippen molar-refractivity contribution in [3.63, 3.8) is 0 Å². The SMILES string of the molecule is Clc1cccc(C2CC(c3cccnc3)=Nc3nnnn32)c1. The number of fused-ring (bicyclic) bond motifs is 1. The molecule has 0 bridgehead atoms. The molecule has 7 heteroatoms.